The Labute approximate surface area is 89.9 Å². The van der Waals surface area contributed by atoms with Crippen molar-refractivity contribution in [3.8, 4) is 0 Å². The molecule has 0 radical (unpaired) electrons. The van der Waals surface area contributed by atoms with Gasteiger partial charge in [0.25, 0.3) is 0 Å². The van der Waals surface area contributed by atoms with Gasteiger partial charge in [0.2, 0.25) is 0 Å². The van der Waals surface area contributed by atoms with E-state index in [1.165, 1.54) is 10.5 Å². The minimum atomic E-state index is 0.225. The van der Waals surface area contributed by atoms with Crippen LogP contribution in [-0.2, 0) is 4.79 Å². The summed E-state index contributed by atoms with van der Waals surface area (Å²) in [5.74, 6) is 1.37. The van der Waals surface area contributed by atoms with E-state index in [0.29, 0.717) is 11.7 Å². The van der Waals surface area contributed by atoms with Gasteiger partial charge in [0.1, 0.15) is 5.78 Å². The van der Waals surface area contributed by atoms with E-state index in [0.717, 1.165) is 0 Å². The van der Waals surface area contributed by atoms with Gasteiger partial charge in [-0.05, 0) is 30.5 Å². The lowest BCUT2D eigenvalue weighted by Gasteiger charge is -2.05. The SMILES string of the molecule is CC(=O)CSc1ccc(C(C)C)cc1. The molecule has 0 fully saturated rings. The van der Waals surface area contributed by atoms with Crippen molar-refractivity contribution >= 4 is 17.5 Å². The number of carbonyl (C=O) groups excluding carboxylic acids is 1. The summed E-state index contributed by atoms with van der Waals surface area (Å²) in [7, 11) is 0. The van der Waals surface area contributed by atoms with Crippen LogP contribution in [-0.4, -0.2) is 11.5 Å². The highest BCUT2D eigenvalue weighted by molar-refractivity contribution is 8.00. The van der Waals surface area contributed by atoms with Crippen LogP contribution in [0.25, 0.3) is 0 Å². The maximum atomic E-state index is 10.8. The fourth-order valence-electron chi connectivity index (χ4n) is 1.13. The lowest BCUT2D eigenvalue weighted by Crippen LogP contribution is -1.93. The second-order valence-corrected chi connectivity index (χ2v) is 4.76. The van der Waals surface area contributed by atoms with Gasteiger partial charge in [-0.1, -0.05) is 26.0 Å². The summed E-state index contributed by atoms with van der Waals surface area (Å²) >= 11 is 1.60. The van der Waals surface area contributed by atoms with Crippen molar-refractivity contribution in [3.05, 3.63) is 29.8 Å². The van der Waals surface area contributed by atoms with Gasteiger partial charge in [0.05, 0.1) is 5.75 Å². The number of Topliss-reactive ketones (excluding diaryl/α,β-unsaturated/α-hetero) is 1. The number of ketones is 1. The largest absolute Gasteiger partial charge is 0.299 e. The lowest BCUT2D eigenvalue weighted by molar-refractivity contribution is -0.114. The first-order valence-corrected chi connectivity index (χ1v) is 5.80. The minimum absolute atomic E-state index is 0.225. The van der Waals surface area contributed by atoms with Crippen LogP contribution in [0.5, 0.6) is 0 Å². The van der Waals surface area contributed by atoms with Crippen molar-refractivity contribution < 1.29 is 4.79 Å². The molecule has 0 aliphatic rings. The Kier molecular flexibility index (Phi) is 4.21. The van der Waals surface area contributed by atoms with Gasteiger partial charge in [0.15, 0.2) is 0 Å². The fourth-order valence-corrected chi connectivity index (χ4v) is 1.83. The third kappa shape index (κ3) is 3.54. The molecule has 1 aromatic rings. The summed E-state index contributed by atoms with van der Waals surface area (Å²) in [4.78, 5) is 11.9. The standard InChI is InChI=1S/C12H16OS/c1-9(2)11-4-6-12(7-5-11)14-8-10(3)13/h4-7,9H,8H2,1-3H3. The van der Waals surface area contributed by atoms with Crippen molar-refractivity contribution in [2.75, 3.05) is 5.75 Å². The Hall–Kier alpha value is -0.760. The predicted molar refractivity (Wildman–Crippen MR) is 61.9 cm³/mol. The second kappa shape index (κ2) is 5.20. The summed E-state index contributed by atoms with van der Waals surface area (Å²) in [5.41, 5.74) is 1.34. The third-order valence-electron chi connectivity index (χ3n) is 1.99. The smallest absolute Gasteiger partial charge is 0.140 e. The van der Waals surface area contributed by atoms with Gasteiger partial charge in [-0.3, -0.25) is 4.79 Å². The van der Waals surface area contributed by atoms with Gasteiger partial charge < -0.3 is 0 Å². The highest BCUT2D eigenvalue weighted by atomic mass is 32.2. The quantitative estimate of drug-likeness (QED) is 0.704. The van der Waals surface area contributed by atoms with Crippen LogP contribution in [0.15, 0.2) is 29.2 Å². The molecule has 0 heterocycles. The molecule has 76 valence electrons. The summed E-state index contributed by atoms with van der Waals surface area (Å²) in [6, 6.07) is 8.44. The zero-order valence-corrected chi connectivity index (χ0v) is 9.73. The first-order valence-electron chi connectivity index (χ1n) is 4.82. The molecule has 0 N–H and O–H groups in total. The van der Waals surface area contributed by atoms with E-state index < -0.39 is 0 Å². The Morgan fingerprint density at radius 3 is 2.29 bits per heavy atom. The maximum Gasteiger partial charge on any atom is 0.140 e. The van der Waals surface area contributed by atoms with E-state index in [4.69, 9.17) is 0 Å². The molecule has 0 aliphatic carbocycles. The number of hydrogen-bond donors (Lipinski definition) is 0. The second-order valence-electron chi connectivity index (χ2n) is 3.71. The topological polar surface area (TPSA) is 17.1 Å². The summed E-state index contributed by atoms with van der Waals surface area (Å²) < 4.78 is 0. The zero-order valence-electron chi connectivity index (χ0n) is 8.91. The average Bonchev–Trinajstić information content (AvgIpc) is 2.15. The van der Waals surface area contributed by atoms with Crippen molar-refractivity contribution in [1.29, 1.82) is 0 Å². The highest BCUT2D eigenvalue weighted by Gasteiger charge is 2.00. The van der Waals surface area contributed by atoms with E-state index in [-0.39, 0.29) is 5.78 Å². The van der Waals surface area contributed by atoms with Crippen LogP contribution >= 0.6 is 11.8 Å². The van der Waals surface area contributed by atoms with Crippen molar-refractivity contribution in [2.45, 2.75) is 31.6 Å². The average molecular weight is 208 g/mol. The first-order chi connectivity index (χ1) is 6.59. The number of rotatable bonds is 4. The molecule has 1 rings (SSSR count). The van der Waals surface area contributed by atoms with E-state index in [1.54, 1.807) is 18.7 Å². The molecule has 0 saturated heterocycles. The third-order valence-corrected chi connectivity index (χ3v) is 3.15. The Balaban J connectivity index is 2.59. The van der Waals surface area contributed by atoms with E-state index in [9.17, 15) is 4.79 Å². The van der Waals surface area contributed by atoms with Crippen LogP contribution in [0.1, 0.15) is 32.3 Å². The molecular weight excluding hydrogens is 192 g/mol. The molecule has 0 amide bonds. The summed E-state index contributed by atoms with van der Waals surface area (Å²) in [5, 5.41) is 0. The molecule has 0 aliphatic heterocycles. The van der Waals surface area contributed by atoms with Crippen LogP contribution in [0, 0.1) is 0 Å². The van der Waals surface area contributed by atoms with Crippen LogP contribution < -0.4 is 0 Å². The molecule has 1 aromatic carbocycles. The lowest BCUT2D eigenvalue weighted by atomic mass is 10.0. The predicted octanol–water partition coefficient (Wildman–Crippen LogP) is 3.49. The molecule has 0 spiro atoms. The van der Waals surface area contributed by atoms with E-state index in [1.807, 2.05) is 0 Å². The van der Waals surface area contributed by atoms with Gasteiger partial charge in [-0.25, -0.2) is 0 Å². The Bertz CT molecular complexity index is 301. The molecule has 14 heavy (non-hydrogen) atoms. The summed E-state index contributed by atoms with van der Waals surface area (Å²) in [6.45, 7) is 5.98. The molecule has 0 unspecified atom stereocenters. The van der Waals surface area contributed by atoms with Crippen LogP contribution in [0.4, 0.5) is 0 Å². The van der Waals surface area contributed by atoms with Gasteiger partial charge in [0, 0.05) is 4.90 Å². The monoisotopic (exact) mass is 208 g/mol. The zero-order chi connectivity index (χ0) is 10.6. The highest BCUT2D eigenvalue weighted by Crippen LogP contribution is 2.21. The molecule has 0 aromatic heterocycles. The van der Waals surface area contributed by atoms with Crippen molar-refractivity contribution in [1.82, 2.24) is 0 Å². The van der Waals surface area contributed by atoms with Gasteiger partial charge in [-0.15, -0.1) is 11.8 Å². The molecule has 0 bridgehead atoms. The molecule has 2 heteroatoms. The van der Waals surface area contributed by atoms with Crippen LogP contribution in [0.2, 0.25) is 0 Å². The number of thioether (sulfide) groups is 1. The number of hydrogen-bond acceptors (Lipinski definition) is 2. The van der Waals surface area contributed by atoms with Crippen molar-refractivity contribution in [3.63, 3.8) is 0 Å². The van der Waals surface area contributed by atoms with E-state index >= 15 is 0 Å². The van der Waals surface area contributed by atoms with Gasteiger partial charge >= 0.3 is 0 Å². The van der Waals surface area contributed by atoms with Gasteiger partial charge in [-0.2, -0.15) is 0 Å². The minimum Gasteiger partial charge on any atom is -0.299 e. The molecular formula is C12H16OS. The molecule has 0 atom stereocenters. The first kappa shape index (κ1) is 11.3. The van der Waals surface area contributed by atoms with E-state index in [2.05, 4.69) is 38.1 Å². The molecule has 0 saturated carbocycles. The Morgan fingerprint density at radius 2 is 1.86 bits per heavy atom. The Morgan fingerprint density at radius 1 is 1.29 bits per heavy atom. The normalized spacial score (nSPS) is 10.6. The maximum absolute atomic E-state index is 10.8. The summed E-state index contributed by atoms with van der Waals surface area (Å²) in [6.07, 6.45) is 0. The van der Waals surface area contributed by atoms with Crippen molar-refractivity contribution in [2.24, 2.45) is 0 Å². The fraction of sp³-hybridized carbons (Fsp3) is 0.417. The molecule has 1 nitrogen and oxygen atoms in total. The van der Waals surface area contributed by atoms with Crippen LogP contribution in [0.3, 0.4) is 0 Å². The number of benzene rings is 1. The number of carbonyl (C=O) groups is 1.